The standard InChI is InChI=1S/C12H15N3S/c1-16-12(4-5-12)8-15-10-3-2-9(7-13)11(14)6-10/h2-3,6,15H,4-5,8,14H2,1H3. The molecule has 3 N–H and O–H groups in total. The van der Waals surface area contributed by atoms with E-state index in [4.69, 9.17) is 11.0 Å². The Bertz CT molecular complexity index is 432. The lowest BCUT2D eigenvalue weighted by molar-refractivity contribution is 0.949. The predicted octanol–water partition coefficient (Wildman–Crippen LogP) is 2.45. The minimum absolute atomic E-state index is 0.433. The van der Waals surface area contributed by atoms with Gasteiger partial charge >= 0.3 is 0 Å². The van der Waals surface area contributed by atoms with Gasteiger partial charge in [-0.15, -0.1) is 0 Å². The molecule has 3 nitrogen and oxygen atoms in total. The fourth-order valence-corrected chi connectivity index (χ4v) is 2.36. The summed E-state index contributed by atoms with van der Waals surface area (Å²) in [6.45, 7) is 0.972. The Morgan fingerprint density at radius 3 is 2.81 bits per heavy atom. The van der Waals surface area contributed by atoms with E-state index in [9.17, 15) is 0 Å². The molecule has 0 amide bonds. The normalized spacial score (nSPS) is 16.5. The molecule has 0 radical (unpaired) electrons. The van der Waals surface area contributed by atoms with E-state index in [0.29, 0.717) is 16.0 Å². The molecular formula is C12H15N3S. The summed E-state index contributed by atoms with van der Waals surface area (Å²) in [5, 5.41) is 12.1. The zero-order valence-electron chi connectivity index (χ0n) is 9.29. The minimum atomic E-state index is 0.433. The summed E-state index contributed by atoms with van der Waals surface area (Å²) in [5.41, 5.74) is 7.83. The molecule has 2 rings (SSSR count). The number of rotatable bonds is 4. The van der Waals surface area contributed by atoms with Gasteiger partial charge in [0.1, 0.15) is 6.07 Å². The van der Waals surface area contributed by atoms with Crippen molar-refractivity contribution in [3.63, 3.8) is 0 Å². The van der Waals surface area contributed by atoms with Gasteiger partial charge in [-0.2, -0.15) is 17.0 Å². The first-order chi connectivity index (χ1) is 7.69. The fraction of sp³-hybridized carbons (Fsp3) is 0.417. The third-order valence-electron chi connectivity index (χ3n) is 3.03. The highest BCUT2D eigenvalue weighted by Gasteiger charge is 2.41. The molecule has 0 aromatic heterocycles. The summed E-state index contributed by atoms with van der Waals surface area (Å²) in [6, 6.07) is 7.56. The molecule has 1 saturated carbocycles. The first kappa shape index (κ1) is 11.2. The number of nitrogens with zero attached hydrogens (tertiary/aromatic N) is 1. The van der Waals surface area contributed by atoms with Crippen molar-refractivity contribution in [2.24, 2.45) is 0 Å². The molecule has 0 spiro atoms. The Morgan fingerprint density at radius 1 is 1.56 bits per heavy atom. The molecule has 1 fully saturated rings. The number of thioether (sulfide) groups is 1. The van der Waals surface area contributed by atoms with Gasteiger partial charge in [0.25, 0.3) is 0 Å². The van der Waals surface area contributed by atoms with E-state index in [1.165, 1.54) is 12.8 Å². The van der Waals surface area contributed by atoms with Crippen LogP contribution in [0.1, 0.15) is 18.4 Å². The van der Waals surface area contributed by atoms with E-state index in [0.717, 1.165) is 12.2 Å². The molecule has 1 aromatic carbocycles. The summed E-state index contributed by atoms with van der Waals surface area (Å²) >= 11 is 1.92. The Morgan fingerprint density at radius 2 is 2.31 bits per heavy atom. The summed E-state index contributed by atoms with van der Waals surface area (Å²) < 4.78 is 0.433. The van der Waals surface area contributed by atoms with Gasteiger partial charge in [-0.3, -0.25) is 0 Å². The van der Waals surface area contributed by atoms with Crippen molar-refractivity contribution in [3.8, 4) is 6.07 Å². The highest BCUT2D eigenvalue weighted by Crippen LogP contribution is 2.47. The van der Waals surface area contributed by atoms with E-state index >= 15 is 0 Å². The number of hydrogen-bond donors (Lipinski definition) is 2. The first-order valence-electron chi connectivity index (χ1n) is 5.28. The van der Waals surface area contributed by atoms with Gasteiger partial charge in [0, 0.05) is 17.0 Å². The maximum Gasteiger partial charge on any atom is 0.101 e. The van der Waals surface area contributed by atoms with Crippen LogP contribution in [0.15, 0.2) is 18.2 Å². The molecule has 0 unspecified atom stereocenters. The summed E-state index contributed by atoms with van der Waals surface area (Å²) in [4.78, 5) is 0. The summed E-state index contributed by atoms with van der Waals surface area (Å²) in [6.07, 6.45) is 4.72. The van der Waals surface area contributed by atoms with Crippen LogP contribution in [0.25, 0.3) is 0 Å². The Kier molecular flexibility index (Phi) is 2.97. The van der Waals surface area contributed by atoms with E-state index in [1.807, 2.05) is 23.9 Å². The van der Waals surface area contributed by atoms with E-state index < -0.39 is 0 Å². The van der Waals surface area contributed by atoms with Crippen LogP contribution in [0, 0.1) is 11.3 Å². The molecule has 84 valence electrons. The molecule has 1 aromatic rings. The topological polar surface area (TPSA) is 61.8 Å². The molecule has 0 heterocycles. The Balaban J connectivity index is 2.00. The van der Waals surface area contributed by atoms with E-state index in [-0.39, 0.29) is 0 Å². The van der Waals surface area contributed by atoms with Crippen molar-refractivity contribution in [1.29, 1.82) is 5.26 Å². The van der Waals surface area contributed by atoms with Crippen LogP contribution in [0.2, 0.25) is 0 Å². The molecule has 16 heavy (non-hydrogen) atoms. The van der Waals surface area contributed by atoms with E-state index in [1.54, 1.807) is 6.07 Å². The van der Waals surface area contributed by atoms with Crippen LogP contribution in [-0.2, 0) is 0 Å². The largest absolute Gasteiger partial charge is 0.398 e. The number of nitriles is 1. The average Bonchev–Trinajstić information content (AvgIpc) is 3.07. The third kappa shape index (κ3) is 2.25. The second-order valence-corrected chi connectivity index (χ2v) is 5.43. The highest BCUT2D eigenvalue weighted by molar-refractivity contribution is 8.00. The number of anilines is 2. The first-order valence-corrected chi connectivity index (χ1v) is 6.50. The second-order valence-electron chi connectivity index (χ2n) is 4.15. The average molecular weight is 233 g/mol. The number of benzene rings is 1. The van der Waals surface area contributed by atoms with Crippen molar-refractivity contribution in [2.75, 3.05) is 23.9 Å². The SMILES string of the molecule is CSC1(CNc2ccc(C#N)c(N)c2)CC1. The number of hydrogen-bond acceptors (Lipinski definition) is 4. The summed E-state index contributed by atoms with van der Waals surface area (Å²) in [7, 11) is 0. The van der Waals surface area contributed by atoms with Gasteiger partial charge < -0.3 is 11.1 Å². The van der Waals surface area contributed by atoms with Crippen LogP contribution in [-0.4, -0.2) is 17.5 Å². The zero-order chi connectivity index (χ0) is 11.6. The van der Waals surface area contributed by atoms with Crippen molar-refractivity contribution in [2.45, 2.75) is 17.6 Å². The quantitative estimate of drug-likeness (QED) is 0.784. The monoisotopic (exact) mass is 233 g/mol. The van der Waals surface area contributed by atoms with Gasteiger partial charge in [0.15, 0.2) is 0 Å². The Hall–Kier alpha value is -1.34. The van der Waals surface area contributed by atoms with Crippen molar-refractivity contribution >= 4 is 23.1 Å². The van der Waals surface area contributed by atoms with Gasteiger partial charge in [-0.25, -0.2) is 0 Å². The molecule has 0 atom stereocenters. The molecular weight excluding hydrogens is 218 g/mol. The lowest BCUT2D eigenvalue weighted by atomic mass is 10.2. The zero-order valence-corrected chi connectivity index (χ0v) is 10.1. The molecule has 0 saturated heterocycles. The molecule has 1 aliphatic rings. The number of nitrogens with two attached hydrogens (primary N) is 1. The molecule has 1 aliphatic carbocycles. The van der Waals surface area contributed by atoms with Crippen molar-refractivity contribution < 1.29 is 0 Å². The number of nitrogen functional groups attached to an aromatic ring is 1. The minimum Gasteiger partial charge on any atom is -0.398 e. The van der Waals surface area contributed by atoms with Gasteiger partial charge in [0.2, 0.25) is 0 Å². The van der Waals surface area contributed by atoms with Gasteiger partial charge in [0.05, 0.1) is 11.3 Å². The Labute approximate surface area is 100 Å². The third-order valence-corrected chi connectivity index (χ3v) is 4.45. The second kappa shape index (κ2) is 4.26. The lowest BCUT2D eigenvalue weighted by Gasteiger charge is -2.14. The van der Waals surface area contributed by atoms with Crippen molar-refractivity contribution in [3.05, 3.63) is 23.8 Å². The highest BCUT2D eigenvalue weighted by atomic mass is 32.2. The lowest BCUT2D eigenvalue weighted by Crippen LogP contribution is -2.17. The molecule has 4 heteroatoms. The fourth-order valence-electron chi connectivity index (χ4n) is 1.63. The van der Waals surface area contributed by atoms with Crippen LogP contribution in [0.5, 0.6) is 0 Å². The number of nitrogens with one attached hydrogen (secondary N) is 1. The molecule has 0 aliphatic heterocycles. The smallest absolute Gasteiger partial charge is 0.101 e. The van der Waals surface area contributed by atoms with Gasteiger partial charge in [-0.05, 0) is 37.3 Å². The molecule has 0 bridgehead atoms. The predicted molar refractivity (Wildman–Crippen MR) is 69.5 cm³/mol. The van der Waals surface area contributed by atoms with Crippen molar-refractivity contribution in [1.82, 2.24) is 0 Å². The summed E-state index contributed by atoms with van der Waals surface area (Å²) in [5.74, 6) is 0. The van der Waals surface area contributed by atoms with Crippen LogP contribution >= 0.6 is 11.8 Å². The maximum atomic E-state index is 8.76. The van der Waals surface area contributed by atoms with E-state index in [2.05, 4.69) is 17.6 Å². The van der Waals surface area contributed by atoms with Crippen LogP contribution < -0.4 is 11.1 Å². The van der Waals surface area contributed by atoms with Crippen LogP contribution in [0.4, 0.5) is 11.4 Å². The maximum absolute atomic E-state index is 8.76. The van der Waals surface area contributed by atoms with Crippen LogP contribution in [0.3, 0.4) is 0 Å². The van der Waals surface area contributed by atoms with Gasteiger partial charge in [-0.1, -0.05) is 0 Å².